The van der Waals surface area contributed by atoms with E-state index in [2.05, 4.69) is 22.4 Å². The van der Waals surface area contributed by atoms with Crippen LogP contribution in [0.5, 0.6) is 0 Å². The molecule has 1 aromatic carbocycles. The van der Waals surface area contributed by atoms with Crippen molar-refractivity contribution in [2.75, 3.05) is 19.6 Å². The summed E-state index contributed by atoms with van der Waals surface area (Å²) in [6.45, 7) is 2.13. The van der Waals surface area contributed by atoms with E-state index in [1.165, 1.54) is 6.42 Å². The molecule has 1 aliphatic rings. The first kappa shape index (κ1) is 16.4. The van der Waals surface area contributed by atoms with Gasteiger partial charge in [0, 0.05) is 37.1 Å². The predicted octanol–water partition coefficient (Wildman–Crippen LogP) is 2.56. The third-order valence-electron chi connectivity index (χ3n) is 5.05. The van der Waals surface area contributed by atoms with E-state index >= 15 is 0 Å². The highest BCUT2D eigenvalue weighted by molar-refractivity contribution is 5.78. The van der Waals surface area contributed by atoms with Crippen LogP contribution in [0.3, 0.4) is 0 Å². The molecule has 124 valence electrons. The zero-order chi connectivity index (χ0) is 16.1. The van der Waals surface area contributed by atoms with E-state index in [4.69, 9.17) is 5.73 Å². The molecule has 2 aromatic rings. The average Bonchev–Trinajstić information content (AvgIpc) is 2.59. The Morgan fingerprint density at radius 3 is 2.78 bits per heavy atom. The Kier molecular flexibility index (Phi) is 5.26. The summed E-state index contributed by atoms with van der Waals surface area (Å²) in [6.07, 6.45) is 7.10. The van der Waals surface area contributed by atoms with Crippen molar-refractivity contribution in [3.8, 4) is 0 Å². The molecule has 1 fully saturated rings. The van der Waals surface area contributed by atoms with Gasteiger partial charge in [-0.25, -0.2) is 0 Å². The van der Waals surface area contributed by atoms with Crippen LogP contribution >= 0.6 is 0 Å². The number of aliphatic hydroxyl groups is 1. The number of benzene rings is 1. The van der Waals surface area contributed by atoms with Crippen molar-refractivity contribution >= 4 is 10.9 Å². The lowest BCUT2D eigenvalue weighted by molar-refractivity contribution is -0.0215. The van der Waals surface area contributed by atoms with Crippen LogP contribution in [0.15, 0.2) is 36.5 Å². The van der Waals surface area contributed by atoms with Crippen LogP contribution in [0.1, 0.15) is 43.6 Å². The molecule has 0 saturated heterocycles. The first-order valence-electron chi connectivity index (χ1n) is 8.71. The molecule has 4 nitrogen and oxygen atoms in total. The van der Waals surface area contributed by atoms with Gasteiger partial charge in [-0.1, -0.05) is 37.5 Å². The van der Waals surface area contributed by atoms with E-state index < -0.39 is 5.60 Å². The maximum atomic E-state index is 11.3. The number of hydrogen-bond donors (Lipinski definition) is 3. The molecule has 1 unspecified atom stereocenters. The zero-order valence-electron chi connectivity index (χ0n) is 13.7. The smallest absolute Gasteiger partial charge is 0.0728 e. The molecular weight excluding hydrogens is 286 g/mol. The quantitative estimate of drug-likeness (QED) is 0.717. The van der Waals surface area contributed by atoms with Crippen LogP contribution < -0.4 is 11.1 Å². The molecule has 1 atom stereocenters. The first-order valence-corrected chi connectivity index (χ1v) is 8.71. The summed E-state index contributed by atoms with van der Waals surface area (Å²) < 4.78 is 0. The lowest BCUT2D eigenvalue weighted by Crippen LogP contribution is -2.43. The van der Waals surface area contributed by atoms with Gasteiger partial charge in [0.05, 0.1) is 11.1 Å². The van der Waals surface area contributed by atoms with Gasteiger partial charge < -0.3 is 16.2 Å². The lowest BCUT2D eigenvalue weighted by atomic mass is 9.73. The molecule has 1 aliphatic carbocycles. The minimum Gasteiger partial charge on any atom is -0.389 e. The van der Waals surface area contributed by atoms with E-state index in [1.807, 2.05) is 24.4 Å². The minimum atomic E-state index is -0.635. The van der Waals surface area contributed by atoms with Crippen LogP contribution in [0.25, 0.3) is 10.9 Å². The highest BCUT2D eigenvalue weighted by Crippen LogP contribution is 2.40. The van der Waals surface area contributed by atoms with E-state index in [0.717, 1.165) is 55.2 Å². The number of hydrogen-bond acceptors (Lipinski definition) is 4. The van der Waals surface area contributed by atoms with Gasteiger partial charge >= 0.3 is 0 Å². The maximum Gasteiger partial charge on any atom is 0.0728 e. The molecule has 4 heteroatoms. The molecule has 0 spiro atoms. The number of fused-ring (bicyclic) bond motifs is 1. The average molecular weight is 313 g/mol. The number of rotatable bonds is 6. The van der Waals surface area contributed by atoms with Crippen molar-refractivity contribution in [2.45, 2.75) is 43.6 Å². The standard InChI is InChI=1S/C19H27N3O/c20-10-11-21-14-17(19(23)8-4-1-5-9-19)16-12-15-6-2-3-7-18(15)22-13-16/h2-3,6-7,12-13,17,21,23H,1,4-5,8-11,14,20H2. The summed E-state index contributed by atoms with van der Waals surface area (Å²) in [5, 5.41) is 15.8. The fourth-order valence-corrected chi connectivity index (χ4v) is 3.76. The Hall–Kier alpha value is -1.49. The van der Waals surface area contributed by atoms with E-state index in [0.29, 0.717) is 6.54 Å². The molecule has 1 aromatic heterocycles. The summed E-state index contributed by atoms with van der Waals surface area (Å²) in [5.74, 6) is 0.0615. The summed E-state index contributed by atoms with van der Waals surface area (Å²) in [4.78, 5) is 4.59. The van der Waals surface area contributed by atoms with E-state index in [1.54, 1.807) is 0 Å². The van der Waals surface area contributed by atoms with Gasteiger partial charge in [-0.3, -0.25) is 4.98 Å². The first-order chi connectivity index (χ1) is 11.2. The largest absolute Gasteiger partial charge is 0.389 e. The maximum absolute atomic E-state index is 11.3. The van der Waals surface area contributed by atoms with Crippen LogP contribution in [-0.2, 0) is 0 Å². The molecule has 0 bridgehead atoms. The van der Waals surface area contributed by atoms with Crippen molar-refractivity contribution in [1.82, 2.24) is 10.3 Å². The van der Waals surface area contributed by atoms with Gasteiger partial charge in [0.15, 0.2) is 0 Å². The Balaban J connectivity index is 1.91. The SMILES string of the molecule is NCCNCC(c1cnc2ccccc2c1)C1(O)CCCCC1. The molecule has 1 heterocycles. The highest BCUT2D eigenvalue weighted by Gasteiger charge is 2.38. The zero-order valence-corrected chi connectivity index (χ0v) is 13.7. The summed E-state index contributed by atoms with van der Waals surface area (Å²) in [6, 6.07) is 10.3. The van der Waals surface area contributed by atoms with Gasteiger partial charge in [0.1, 0.15) is 0 Å². The Morgan fingerprint density at radius 1 is 1.22 bits per heavy atom. The van der Waals surface area contributed by atoms with Crippen molar-refractivity contribution < 1.29 is 5.11 Å². The minimum absolute atomic E-state index is 0.0615. The van der Waals surface area contributed by atoms with Crippen LogP contribution in [-0.4, -0.2) is 35.3 Å². The number of nitrogens with two attached hydrogens (primary N) is 1. The highest BCUT2D eigenvalue weighted by atomic mass is 16.3. The van der Waals surface area contributed by atoms with Gasteiger partial charge in [0.2, 0.25) is 0 Å². The van der Waals surface area contributed by atoms with Crippen molar-refractivity contribution in [1.29, 1.82) is 0 Å². The third-order valence-corrected chi connectivity index (χ3v) is 5.05. The van der Waals surface area contributed by atoms with Crippen LogP contribution in [0, 0.1) is 0 Å². The Morgan fingerprint density at radius 2 is 2.00 bits per heavy atom. The molecular formula is C19H27N3O. The Labute approximate surface area is 138 Å². The topological polar surface area (TPSA) is 71.2 Å². The number of nitrogens with one attached hydrogen (secondary N) is 1. The number of pyridine rings is 1. The van der Waals surface area contributed by atoms with Crippen molar-refractivity contribution in [3.05, 3.63) is 42.1 Å². The molecule has 4 N–H and O–H groups in total. The molecule has 23 heavy (non-hydrogen) atoms. The molecule has 0 amide bonds. The summed E-state index contributed by atoms with van der Waals surface area (Å²) in [5.41, 5.74) is 7.09. The van der Waals surface area contributed by atoms with E-state index in [9.17, 15) is 5.11 Å². The fraction of sp³-hybridized carbons (Fsp3) is 0.526. The summed E-state index contributed by atoms with van der Waals surface area (Å²) >= 11 is 0. The second-order valence-corrected chi connectivity index (χ2v) is 6.67. The molecule has 3 rings (SSSR count). The van der Waals surface area contributed by atoms with Gasteiger partial charge in [0.25, 0.3) is 0 Å². The predicted molar refractivity (Wildman–Crippen MR) is 94.4 cm³/mol. The Bertz CT molecular complexity index is 637. The van der Waals surface area contributed by atoms with Crippen LogP contribution in [0.4, 0.5) is 0 Å². The van der Waals surface area contributed by atoms with Crippen molar-refractivity contribution in [3.63, 3.8) is 0 Å². The second kappa shape index (κ2) is 7.39. The molecule has 0 radical (unpaired) electrons. The normalized spacial score (nSPS) is 18.9. The number of para-hydroxylation sites is 1. The van der Waals surface area contributed by atoms with Gasteiger partial charge in [-0.15, -0.1) is 0 Å². The molecule has 1 saturated carbocycles. The number of aromatic nitrogens is 1. The monoisotopic (exact) mass is 313 g/mol. The number of nitrogens with zero attached hydrogens (tertiary/aromatic N) is 1. The second-order valence-electron chi connectivity index (χ2n) is 6.67. The summed E-state index contributed by atoms with van der Waals surface area (Å²) in [7, 11) is 0. The van der Waals surface area contributed by atoms with Gasteiger partial charge in [-0.2, -0.15) is 0 Å². The fourth-order valence-electron chi connectivity index (χ4n) is 3.76. The lowest BCUT2D eigenvalue weighted by Gasteiger charge is -2.39. The van der Waals surface area contributed by atoms with Gasteiger partial charge in [-0.05, 0) is 30.5 Å². The van der Waals surface area contributed by atoms with E-state index in [-0.39, 0.29) is 5.92 Å². The van der Waals surface area contributed by atoms with Crippen molar-refractivity contribution in [2.24, 2.45) is 5.73 Å². The third kappa shape index (κ3) is 3.71. The van der Waals surface area contributed by atoms with Crippen LogP contribution in [0.2, 0.25) is 0 Å². The molecule has 0 aliphatic heterocycles.